The van der Waals surface area contributed by atoms with Gasteiger partial charge < -0.3 is 19.3 Å². The highest BCUT2D eigenvalue weighted by Crippen LogP contribution is 2.60. The summed E-state index contributed by atoms with van der Waals surface area (Å²) in [4.78, 5) is 21.0. The van der Waals surface area contributed by atoms with Crippen molar-refractivity contribution in [2.75, 3.05) is 14.2 Å². The van der Waals surface area contributed by atoms with E-state index in [2.05, 4.69) is 0 Å². The van der Waals surface area contributed by atoms with Gasteiger partial charge in [-0.05, 0) is 28.3 Å². The van der Waals surface area contributed by atoms with E-state index in [0.717, 1.165) is 16.7 Å². The molecule has 0 amide bonds. The van der Waals surface area contributed by atoms with Crippen LogP contribution in [0.25, 0.3) is 22.3 Å². The van der Waals surface area contributed by atoms with Gasteiger partial charge in [0.1, 0.15) is 17.2 Å². The SMILES string of the molecule is COc1cc(C(c2ccccc2)P(=O)(O)O)c(-c2ccccc2)c(OC)c1-c1ccccc1. The smallest absolute Gasteiger partial charge is 0.337 e. The van der Waals surface area contributed by atoms with E-state index in [9.17, 15) is 14.4 Å². The molecule has 33 heavy (non-hydrogen) atoms. The Kier molecular flexibility index (Phi) is 6.66. The summed E-state index contributed by atoms with van der Waals surface area (Å²) in [5.74, 6) is 0.971. The maximum atomic E-state index is 12.9. The molecule has 0 saturated heterocycles. The normalized spacial score (nSPS) is 12.2. The maximum absolute atomic E-state index is 12.9. The summed E-state index contributed by atoms with van der Waals surface area (Å²) in [6.45, 7) is 0. The summed E-state index contributed by atoms with van der Waals surface area (Å²) >= 11 is 0. The molecule has 0 radical (unpaired) electrons. The van der Waals surface area contributed by atoms with Crippen LogP contribution in [0, 0.1) is 0 Å². The summed E-state index contributed by atoms with van der Waals surface area (Å²) in [6.07, 6.45) is 0. The zero-order chi connectivity index (χ0) is 23.4. The van der Waals surface area contributed by atoms with E-state index in [1.165, 1.54) is 0 Å². The van der Waals surface area contributed by atoms with Crippen LogP contribution in [0.4, 0.5) is 0 Å². The zero-order valence-corrected chi connectivity index (χ0v) is 19.3. The molecule has 2 N–H and O–H groups in total. The highest BCUT2D eigenvalue weighted by atomic mass is 31.2. The van der Waals surface area contributed by atoms with Gasteiger partial charge in [-0.15, -0.1) is 0 Å². The minimum Gasteiger partial charge on any atom is -0.496 e. The van der Waals surface area contributed by atoms with Crippen molar-refractivity contribution < 1.29 is 23.8 Å². The van der Waals surface area contributed by atoms with Crippen LogP contribution in [-0.4, -0.2) is 24.0 Å². The molecule has 4 aromatic carbocycles. The van der Waals surface area contributed by atoms with Gasteiger partial charge >= 0.3 is 7.60 Å². The van der Waals surface area contributed by atoms with E-state index >= 15 is 0 Å². The predicted molar refractivity (Wildman–Crippen MR) is 131 cm³/mol. The quantitative estimate of drug-likeness (QED) is 0.316. The third-order valence-electron chi connectivity index (χ3n) is 5.57. The maximum Gasteiger partial charge on any atom is 0.337 e. The van der Waals surface area contributed by atoms with Crippen molar-refractivity contribution in [1.82, 2.24) is 0 Å². The lowest BCUT2D eigenvalue weighted by atomic mass is 9.89. The van der Waals surface area contributed by atoms with Crippen molar-refractivity contribution in [3.63, 3.8) is 0 Å². The first-order chi connectivity index (χ1) is 16.0. The Labute approximate surface area is 193 Å². The van der Waals surface area contributed by atoms with Crippen LogP contribution in [0.15, 0.2) is 97.1 Å². The second kappa shape index (κ2) is 9.63. The largest absolute Gasteiger partial charge is 0.496 e. The first-order valence-electron chi connectivity index (χ1n) is 10.5. The molecule has 0 bridgehead atoms. The van der Waals surface area contributed by atoms with Crippen LogP contribution in [0.1, 0.15) is 16.8 Å². The molecule has 0 saturated carbocycles. The molecule has 5 nitrogen and oxygen atoms in total. The van der Waals surface area contributed by atoms with Gasteiger partial charge in [-0.2, -0.15) is 0 Å². The Balaban J connectivity index is 2.14. The Morgan fingerprint density at radius 1 is 0.697 bits per heavy atom. The summed E-state index contributed by atoms with van der Waals surface area (Å²) in [5, 5.41) is 0. The van der Waals surface area contributed by atoms with Crippen molar-refractivity contribution >= 4 is 7.60 Å². The van der Waals surface area contributed by atoms with Crippen LogP contribution in [0.3, 0.4) is 0 Å². The van der Waals surface area contributed by atoms with E-state index in [1.54, 1.807) is 44.6 Å². The molecule has 0 spiro atoms. The van der Waals surface area contributed by atoms with Gasteiger partial charge in [-0.25, -0.2) is 0 Å². The second-order valence-electron chi connectivity index (χ2n) is 7.59. The monoisotopic (exact) mass is 460 g/mol. The molecular weight excluding hydrogens is 435 g/mol. The minimum atomic E-state index is -4.63. The first-order valence-corrected chi connectivity index (χ1v) is 12.1. The van der Waals surface area contributed by atoms with Gasteiger partial charge in [-0.1, -0.05) is 91.0 Å². The number of rotatable bonds is 7. The average molecular weight is 460 g/mol. The van der Waals surface area contributed by atoms with Crippen LogP contribution >= 0.6 is 7.60 Å². The summed E-state index contributed by atoms with van der Waals surface area (Å²) in [6, 6.07) is 29.7. The molecule has 1 atom stereocenters. The molecule has 1 unspecified atom stereocenters. The zero-order valence-electron chi connectivity index (χ0n) is 18.4. The van der Waals surface area contributed by atoms with E-state index in [4.69, 9.17) is 9.47 Å². The fourth-order valence-corrected chi connectivity index (χ4v) is 5.33. The topological polar surface area (TPSA) is 76.0 Å². The predicted octanol–water partition coefficient (Wildman–Crippen LogP) is 6.30. The Morgan fingerprint density at radius 2 is 1.18 bits per heavy atom. The van der Waals surface area contributed by atoms with Crippen LogP contribution in [0.2, 0.25) is 0 Å². The van der Waals surface area contributed by atoms with Crippen LogP contribution in [0.5, 0.6) is 11.5 Å². The number of benzene rings is 4. The lowest BCUT2D eigenvalue weighted by Crippen LogP contribution is -2.07. The number of hydrogen-bond donors (Lipinski definition) is 2. The number of methoxy groups -OCH3 is 2. The average Bonchev–Trinajstić information content (AvgIpc) is 2.84. The fourth-order valence-electron chi connectivity index (χ4n) is 4.21. The minimum absolute atomic E-state index is 0.439. The Morgan fingerprint density at radius 3 is 1.64 bits per heavy atom. The van der Waals surface area contributed by atoms with Crippen molar-refractivity contribution in [2.45, 2.75) is 5.66 Å². The van der Waals surface area contributed by atoms with Crippen molar-refractivity contribution in [3.8, 4) is 33.8 Å². The highest BCUT2D eigenvalue weighted by Gasteiger charge is 2.37. The molecule has 4 aromatic rings. The standard InChI is InChI=1S/C27H25O5P/c1-31-23-18-22(27(33(28,29)30)21-16-10-5-11-17-21)24(19-12-6-3-7-13-19)26(32-2)25(23)20-14-8-4-9-15-20/h3-18,27H,1-2H3,(H2,28,29,30). The Bertz CT molecular complexity index is 1270. The van der Waals surface area contributed by atoms with Crippen LogP contribution in [-0.2, 0) is 4.57 Å². The van der Waals surface area contributed by atoms with Gasteiger partial charge in [0.05, 0.1) is 19.8 Å². The number of hydrogen-bond acceptors (Lipinski definition) is 3. The molecule has 0 fully saturated rings. The molecule has 0 aliphatic carbocycles. The highest BCUT2D eigenvalue weighted by molar-refractivity contribution is 7.52. The first kappa shape index (κ1) is 22.8. The molecule has 0 aromatic heterocycles. The van der Waals surface area contributed by atoms with Gasteiger partial charge in [0, 0.05) is 5.56 Å². The molecule has 0 aliphatic heterocycles. The molecule has 168 valence electrons. The van der Waals surface area contributed by atoms with E-state index < -0.39 is 13.3 Å². The Hall–Kier alpha value is -3.37. The molecule has 0 aliphatic rings. The second-order valence-corrected chi connectivity index (χ2v) is 9.28. The summed E-state index contributed by atoms with van der Waals surface area (Å²) < 4.78 is 24.6. The molecule has 0 heterocycles. The third-order valence-corrected chi connectivity index (χ3v) is 6.82. The van der Waals surface area contributed by atoms with E-state index in [-0.39, 0.29) is 0 Å². The van der Waals surface area contributed by atoms with Gasteiger partial charge in [-0.3, -0.25) is 4.57 Å². The van der Waals surface area contributed by atoms with Gasteiger partial charge in [0.15, 0.2) is 0 Å². The van der Waals surface area contributed by atoms with E-state index in [0.29, 0.717) is 28.2 Å². The van der Waals surface area contributed by atoms with Crippen molar-refractivity contribution in [3.05, 3.63) is 108 Å². The third kappa shape index (κ3) is 4.57. The summed E-state index contributed by atoms with van der Waals surface area (Å²) in [7, 11) is -1.52. The summed E-state index contributed by atoms with van der Waals surface area (Å²) in [5.41, 5.74) is 2.77. The molecular formula is C27H25O5P. The van der Waals surface area contributed by atoms with Gasteiger partial charge in [0.2, 0.25) is 0 Å². The van der Waals surface area contributed by atoms with E-state index in [1.807, 2.05) is 66.7 Å². The number of ether oxygens (including phenoxy) is 2. The lowest BCUT2D eigenvalue weighted by Gasteiger charge is -2.26. The van der Waals surface area contributed by atoms with Gasteiger partial charge in [0.25, 0.3) is 0 Å². The lowest BCUT2D eigenvalue weighted by molar-refractivity contribution is 0.364. The van der Waals surface area contributed by atoms with Crippen LogP contribution < -0.4 is 9.47 Å². The molecule has 6 heteroatoms. The van der Waals surface area contributed by atoms with Crippen molar-refractivity contribution in [1.29, 1.82) is 0 Å². The fraction of sp³-hybridized carbons (Fsp3) is 0.111. The molecule has 4 rings (SSSR count). The van der Waals surface area contributed by atoms with Crippen molar-refractivity contribution in [2.24, 2.45) is 0 Å².